The van der Waals surface area contributed by atoms with Crippen molar-refractivity contribution in [2.45, 2.75) is 59.7 Å². The van der Waals surface area contributed by atoms with E-state index < -0.39 is 0 Å². The number of morpholine rings is 1. The van der Waals surface area contributed by atoms with E-state index in [2.05, 4.69) is 51.8 Å². The van der Waals surface area contributed by atoms with Crippen LogP contribution >= 0.6 is 0 Å². The Morgan fingerprint density at radius 3 is 2.47 bits per heavy atom. The summed E-state index contributed by atoms with van der Waals surface area (Å²) in [5.74, 6) is 0. The normalized spacial score (nSPS) is 25.2. The van der Waals surface area contributed by atoms with Gasteiger partial charge in [-0.05, 0) is 26.2 Å². The zero-order chi connectivity index (χ0) is 13.1. The molecule has 0 aromatic carbocycles. The van der Waals surface area contributed by atoms with Gasteiger partial charge in [0.05, 0.1) is 12.7 Å². The second kappa shape index (κ2) is 6.17. The number of hydrogen-bond donors (Lipinski definition) is 1. The lowest BCUT2D eigenvalue weighted by atomic mass is 9.88. The minimum Gasteiger partial charge on any atom is -0.374 e. The fourth-order valence-corrected chi connectivity index (χ4v) is 1.95. The molecule has 0 spiro atoms. The smallest absolute Gasteiger partial charge is 0.0826 e. The number of hydrogen-bond acceptors (Lipinski definition) is 3. The van der Waals surface area contributed by atoms with Crippen molar-refractivity contribution in [2.24, 2.45) is 5.41 Å². The van der Waals surface area contributed by atoms with Gasteiger partial charge in [-0.1, -0.05) is 20.8 Å². The first-order valence-electron chi connectivity index (χ1n) is 6.89. The molecule has 1 heterocycles. The van der Waals surface area contributed by atoms with Gasteiger partial charge in [0, 0.05) is 31.7 Å². The molecule has 1 rings (SSSR count). The highest BCUT2D eigenvalue weighted by molar-refractivity contribution is 4.80. The number of rotatable bonds is 4. The third-order valence-electron chi connectivity index (χ3n) is 3.85. The van der Waals surface area contributed by atoms with Crippen molar-refractivity contribution in [3.63, 3.8) is 0 Å². The summed E-state index contributed by atoms with van der Waals surface area (Å²) in [6.45, 7) is 17.5. The van der Waals surface area contributed by atoms with Crippen molar-refractivity contribution >= 4 is 0 Å². The highest BCUT2D eigenvalue weighted by Gasteiger charge is 2.24. The molecule has 0 saturated carbocycles. The van der Waals surface area contributed by atoms with Crippen LogP contribution in [0.3, 0.4) is 0 Å². The summed E-state index contributed by atoms with van der Waals surface area (Å²) >= 11 is 0. The van der Waals surface area contributed by atoms with Crippen molar-refractivity contribution in [3.8, 4) is 0 Å². The summed E-state index contributed by atoms with van der Waals surface area (Å²) in [5.41, 5.74) is 0.312. The fourth-order valence-electron chi connectivity index (χ4n) is 1.95. The molecule has 0 radical (unpaired) electrons. The van der Waals surface area contributed by atoms with Crippen molar-refractivity contribution in [3.05, 3.63) is 0 Å². The second-order valence-corrected chi connectivity index (χ2v) is 6.58. The predicted molar refractivity (Wildman–Crippen MR) is 73.4 cm³/mol. The van der Waals surface area contributed by atoms with Crippen LogP contribution in [0.25, 0.3) is 0 Å². The first-order chi connectivity index (χ1) is 7.80. The molecule has 0 amide bonds. The highest BCUT2D eigenvalue weighted by atomic mass is 16.5. The van der Waals surface area contributed by atoms with Crippen molar-refractivity contribution in [1.29, 1.82) is 0 Å². The third kappa shape index (κ3) is 4.94. The summed E-state index contributed by atoms with van der Waals surface area (Å²) in [7, 11) is 0. The Bertz CT molecular complexity index is 223. The molecule has 0 aromatic rings. The fraction of sp³-hybridized carbons (Fsp3) is 1.00. The van der Waals surface area contributed by atoms with E-state index in [4.69, 9.17) is 4.74 Å². The Hall–Kier alpha value is -0.120. The van der Waals surface area contributed by atoms with E-state index in [9.17, 15) is 0 Å². The molecule has 3 nitrogen and oxygen atoms in total. The Morgan fingerprint density at radius 1 is 1.29 bits per heavy atom. The van der Waals surface area contributed by atoms with Crippen LogP contribution in [0.15, 0.2) is 0 Å². The van der Waals surface area contributed by atoms with Crippen LogP contribution in [0.5, 0.6) is 0 Å². The van der Waals surface area contributed by atoms with Gasteiger partial charge in [-0.2, -0.15) is 0 Å². The van der Waals surface area contributed by atoms with Crippen LogP contribution in [0.2, 0.25) is 0 Å². The topological polar surface area (TPSA) is 24.5 Å². The number of nitrogens with one attached hydrogen (secondary N) is 1. The van der Waals surface area contributed by atoms with Gasteiger partial charge in [0.1, 0.15) is 0 Å². The van der Waals surface area contributed by atoms with Gasteiger partial charge in [-0.3, -0.25) is 4.90 Å². The summed E-state index contributed by atoms with van der Waals surface area (Å²) < 4.78 is 5.82. The van der Waals surface area contributed by atoms with Crippen molar-refractivity contribution < 1.29 is 4.74 Å². The van der Waals surface area contributed by atoms with E-state index in [0.29, 0.717) is 23.6 Å². The molecular formula is C14H30N2O. The molecule has 0 aromatic heterocycles. The minimum absolute atomic E-state index is 0.312. The molecule has 1 saturated heterocycles. The lowest BCUT2D eigenvalue weighted by Gasteiger charge is -2.37. The van der Waals surface area contributed by atoms with E-state index in [0.717, 1.165) is 26.2 Å². The van der Waals surface area contributed by atoms with Crippen LogP contribution in [0, 0.1) is 5.41 Å². The first kappa shape index (κ1) is 14.9. The molecule has 2 unspecified atom stereocenters. The highest BCUT2D eigenvalue weighted by Crippen LogP contribution is 2.18. The number of ether oxygens (including phenoxy) is 1. The van der Waals surface area contributed by atoms with Gasteiger partial charge in [-0.15, -0.1) is 0 Å². The third-order valence-corrected chi connectivity index (χ3v) is 3.85. The lowest BCUT2D eigenvalue weighted by molar-refractivity contribution is -0.0391. The van der Waals surface area contributed by atoms with Crippen LogP contribution in [0.1, 0.15) is 41.5 Å². The molecular weight excluding hydrogens is 212 g/mol. The molecule has 2 atom stereocenters. The average molecular weight is 242 g/mol. The van der Waals surface area contributed by atoms with Crippen molar-refractivity contribution in [2.75, 3.05) is 26.2 Å². The van der Waals surface area contributed by atoms with Gasteiger partial charge < -0.3 is 10.1 Å². The van der Waals surface area contributed by atoms with Gasteiger partial charge >= 0.3 is 0 Å². The lowest BCUT2D eigenvalue weighted by Crippen LogP contribution is -2.51. The molecule has 17 heavy (non-hydrogen) atoms. The van der Waals surface area contributed by atoms with Crippen LogP contribution < -0.4 is 5.32 Å². The summed E-state index contributed by atoms with van der Waals surface area (Å²) in [4.78, 5) is 2.50. The molecule has 3 heteroatoms. The Kier molecular flexibility index (Phi) is 5.42. The van der Waals surface area contributed by atoms with Crippen LogP contribution in [0.4, 0.5) is 0 Å². The van der Waals surface area contributed by atoms with Gasteiger partial charge in [0.25, 0.3) is 0 Å². The van der Waals surface area contributed by atoms with E-state index in [1.165, 1.54) is 0 Å². The van der Waals surface area contributed by atoms with E-state index in [-0.39, 0.29) is 0 Å². The Balaban J connectivity index is 2.32. The SMILES string of the molecule is CC(C)N1CCOC(CNC(C)C(C)(C)C)C1. The van der Waals surface area contributed by atoms with E-state index in [1.54, 1.807) is 0 Å². The molecule has 1 aliphatic rings. The summed E-state index contributed by atoms with van der Waals surface area (Å²) in [6, 6.07) is 1.14. The minimum atomic E-state index is 0.312. The van der Waals surface area contributed by atoms with Crippen LogP contribution in [-0.4, -0.2) is 49.3 Å². The summed E-state index contributed by atoms with van der Waals surface area (Å²) in [5, 5.41) is 3.60. The molecule has 102 valence electrons. The monoisotopic (exact) mass is 242 g/mol. The molecule has 1 N–H and O–H groups in total. The van der Waals surface area contributed by atoms with E-state index in [1.807, 2.05) is 0 Å². The molecule has 0 bridgehead atoms. The maximum absolute atomic E-state index is 5.82. The van der Waals surface area contributed by atoms with Crippen LogP contribution in [-0.2, 0) is 4.74 Å². The second-order valence-electron chi connectivity index (χ2n) is 6.58. The average Bonchev–Trinajstić information content (AvgIpc) is 2.25. The zero-order valence-corrected chi connectivity index (χ0v) is 12.4. The largest absolute Gasteiger partial charge is 0.374 e. The predicted octanol–water partition coefficient (Wildman–Crippen LogP) is 2.12. The van der Waals surface area contributed by atoms with Gasteiger partial charge in [0.2, 0.25) is 0 Å². The molecule has 1 aliphatic heterocycles. The maximum Gasteiger partial charge on any atom is 0.0826 e. The maximum atomic E-state index is 5.82. The molecule has 0 aliphatic carbocycles. The van der Waals surface area contributed by atoms with Gasteiger partial charge in [0.15, 0.2) is 0 Å². The summed E-state index contributed by atoms with van der Waals surface area (Å²) in [6.07, 6.45) is 0.343. The standard InChI is InChI=1S/C14H30N2O/c1-11(2)16-7-8-17-13(10-16)9-15-12(3)14(4,5)6/h11-13,15H,7-10H2,1-6H3. The number of nitrogens with zero attached hydrogens (tertiary/aromatic N) is 1. The van der Waals surface area contributed by atoms with E-state index >= 15 is 0 Å². The van der Waals surface area contributed by atoms with Crippen molar-refractivity contribution in [1.82, 2.24) is 10.2 Å². The Labute approximate surface area is 107 Å². The molecule has 1 fully saturated rings. The van der Waals surface area contributed by atoms with Gasteiger partial charge in [-0.25, -0.2) is 0 Å². The quantitative estimate of drug-likeness (QED) is 0.817. The Morgan fingerprint density at radius 2 is 1.94 bits per heavy atom. The first-order valence-corrected chi connectivity index (χ1v) is 6.89. The zero-order valence-electron chi connectivity index (χ0n) is 12.4.